The van der Waals surface area contributed by atoms with Crippen molar-refractivity contribution in [2.24, 2.45) is 0 Å². The lowest BCUT2D eigenvalue weighted by Crippen LogP contribution is -1.93. The van der Waals surface area contributed by atoms with Gasteiger partial charge in [-0.1, -0.05) is 34.1 Å². The van der Waals surface area contributed by atoms with Gasteiger partial charge in [-0.25, -0.2) is 18.7 Å². The number of hydrogen-bond acceptors (Lipinski definition) is 2. The zero-order valence-corrected chi connectivity index (χ0v) is 17.5. The highest BCUT2D eigenvalue weighted by Gasteiger charge is 2.17. The third kappa shape index (κ3) is 2.92. The predicted octanol–water partition coefficient (Wildman–Crippen LogP) is 6.97. The van der Waals surface area contributed by atoms with Crippen LogP contribution in [0.1, 0.15) is 0 Å². The van der Waals surface area contributed by atoms with Crippen LogP contribution in [0.5, 0.6) is 0 Å². The van der Waals surface area contributed by atoms with Gasteiger partial charge in [-0.2, -0.15) is 0 Å². The van der Waals surface area contributed by atoms with Crippen LogP contribution in [-0.4, -0.2) is 19.9 Å². The Morgan fingerprint density at radius 3 is 2.48 bits per heavy atom. The van der Waals surface area contributed by atoms with Gasteiger partial charge >= 0.3 is 0 Å². The van der Waals surface area contributed by atoms with Gasteiger partial charge < -0.3 is 9.97 Å². The van der Waals surface area contributed by atoms with Crippen molar-refractivity contribution in [2.45, 2.75) is 0 Å². The van der Waals surface area contributed by atoms with Crippen molar-refractivity contribution in [2.75, 3.05) is 0 Å². The Kier molecular flexibility index (Phi) is 3.94. The van der Waals surface area contributed by atoms with Crippen molar-refractivity contribution < 1.29 is 8.78 Å². The van der Waals surface area contributed by atoms with Crippen LogP contribution in [0.15, 0.2) is 71.2 Å². The molecular weight excluding hydrogens is 462 g/mol. The SMILES string of the molecule is Fc1ccc(-c2nc(-c3nc4ccc(Br)cc4[nH]3)cc3c2[nH]c2ccccc23)cc1F. The van der Waals surface area contributed by atoms with Gasteiger partial charge in [0.2, 0.25) is 0 Å². The molecule has 3 heterocycles. The first-order valence-corrected chi connectivity index (χ1v) is 10.4. The molecule has 150 valence electrons. The van der Waals surface area contributed by atoms with Crippen molar-refractivity contribution in [3.05, 3.63) is 82.8 Å². The molecule has 6 aromatic rings. The smallest absolute Gasteiger partial charge is 0.159 e. The number of benzene rings is 3. The first-order valence-electron chi connectivity index (χ1n) is 9.59. The highest BCUT2D eigenvalue weighted by atomic mass is 79.9. The molecule has 6 rings (SSSR count). The molecule has 0 fully saturated rings. The van der Waals surface area contributed by atoms with Crippen LogP contribution in [0.4, 0.5) is 8.78 Å². The van der Waals surface area contributed by atoms with E-state index in [9.17, 15) is 8.78 Å². The van der Waals surface area contributed by atoms with Crippen molar-refractivity contribution >= 4 is 48.8 Å². The summed E-state index contributed by atoms with van der Waals surface area (Å²) in [7, 11) is 0. The van der Waals surface area contributed by atoms with Crippen molar-refractivity contribution in [1.29, 1.82) is 0 Å². The molecule has 0 atom stereocenters. The third-order valence-electron chi connectivity index (χ3n) is 5.38. The summed E-state index contributed by atoms with van der Waals surface area (Å²) in [5.41, 5.74) is 5.02. The molecule has 0 saturated heterocycles. The minimum absolute atomic E-state index is 0.483. The summed E-state index contributed by atoms with van der Waals surface area (Å²) in [4.78, 5) is 16.2. The zero-order chi connectivity index (χ0) is 21.1. The molecule has 31 heavy (non-hydrogen) atoms. The normalized spacial score (nSPS) is 11.7. The van der Waals surface area contributed by atoms with E-state index < -0.39 is 11.6 Å². The van der Waals surface area contributed by atoms with Crippen LogP contribution < -0.4 is 0 Å². The Balaban J connectivity index is 1.68. The third-order valence-corrected chi connectivity index (χ3v) is 5.87. The van der Waals surface area contributed by atoms with Gasteiger partial charge in [-0.15, -0.1) is 0 Å². The molecule has 0 aliphatic rings. The van der Waals surface area contributed by atoms with Crippen molar-refractivity contribution in [3.8, 4) is 22.8 Å². The zero-order valence-electron chi connectivity index (χ0n) is 15.9. The predicted molar refractivity (Wildman–Crippen MR) is 122 cm³/mol. The average molecular weight is 475 g/mol. The molecule has 3 aromatic heterocycles. The summed E-state index contributed by atoms with van der Waals surface area (Å²) in [5.74, 6) is -1.21. The Hall–Kier alpha value is -3.58. The summed E-state index contributed by atoms with van der Waals surface area (Å²) in [6.45, 7) is 0. The van der Waals surface area contributed by atoms with E-state index in [0.29, 0.717) is 22.8 Å². The Morgan fingerprint density at radius 2 is 1.61 bits per heavy atom. The fraction of sp³-hybridized carbons (Fsp3) is 0. The Labute approximate surface area is 183 Å². The summed E-state index contributed by atoms with van der Waals surface area (Å²) < 4.78 is 28.5. The van der Waals surface area contributed by atoms with Crippen LogP contribution in [0.3, 0.4) is 0 Å². The number of hydrogen-bond donors (Lipinski definition) is 2. The number of imidazole rings is 1. The Bertz CT molecular complexity index is 1630. The van der Waals surface area contributed by atoms with Crippen LogP contribution in [0, 0.1) is 11.6 Å². The number of nitrogens with zero attached hydrogens (tertiary/aromatic N) is 2. The van der Waals surface area contributed by atoms with Gasteiger partial charge in [-0.3, -0.25) is 0 Å². The molecule has 0 saturated carbocycles. The topological polar surface area (TPSA) is 57.4 Å². The van der Waals surface area contributed by atoms with Crippen molar-refractivity contribution in [3.63, 3.8) is 0 Å². The highest BCUT2D eigenvalue weighted by molar-refractivity contribution is 9.10. The van der Waals surface area contributed by atoms with Crippen LogP contribution in [-0.2, 0) is 0 Å². The van der Waals surface area contributed by atoms with Gasteiger partial charge in [0.05, 0.1) is 22.2 Å². The monoisotopic (exact) mass is 474 g/mol. The summed E-state index contributed by atoms with van der Waals surface area (Å²) in [5, 5.41) is 1.95. The van der Waals surface area contributed by atoms with Gasteiger partial charge in [0, 0.05) is 26.3 Å². The molecule has 7 heteroatoms. The van der Waals surface area contributed by atoms with Gasteiger partial charge in [0.25, 0.3) is 0 Å². The van der Waals surface area contributed by atoms with Crippen LogP contribution in [0.2, 0.25) is 0 Å². The van der Waals surface area contributed by atoms with E-state index in [-0.39, 0.29) is 0 Å². The minimum Gasteiger partial charge on any atom is -0.353 e. The summed E-state index contributed by atoms with van der Waals surface area (Å²) >= 11 is 3.47. The number of nitrogens with one attached hydrogen (secondary N) is 2. The second-order valence-corrected chi connectivity index (χ2v) is 8.24. The maximum absolute atomic E-state index is 14.0. The van der Waals surface area contributed by atoms with Gasteiger partial charge in [0.1, 0.15) is 5.69 Å². The molecule has 0 bridgehead atoms. The molecule has 0 unspecified atom stereocenters. The van der Waals surface area contributed by atoms with E-state index in [1.165, 1.54) is 12.1 Å². The number of fused-ring (bicyclic) bond motifs is 4. The standard InChI is InChI=1S/C24H13BrF2N4/c25-13-6-8-19-20(10-13)31-24(30-19)21-11-15-14-3-1-2-4-18(14)28-23(15)22(29-21)12-5-7-16(26)17(27)9-12/h1-11,28H,(H,30,31). The second-order valence-electron chi connectivity index (χ2n) is 7.33. The first kappa shape index (κ1) is 18.2. The second kappa shape index (κ2) is 6.72. The lowest BCUT2D eigenvalue weighted by molar-refractivity contribution is 0.509. The van der Waals surface area contributed by atoms with E-state index in [0.717, 1.165) is 43.4 Å². The fourth-order valence-electron chi connectivity index (χ4n) is 3.92. The first-order chi connectivity index (χ1) is 15.1. The van der Waals surface area contributed by atoms with E-state index in [1.54, 1.807) is 0 Å². The largest absolute Gasteiger partial charge is 0.353 e. The number of aromatic amines is 2. The molecule has 0 aliphatic carbocycles. The molecule has 3 aromatic carbocycles. The lowest BCUT2D eigenvalue weighted by Gasteiger charge is -2.07. The molecular formula is C24H13BrF2N4. The molecule has 0 aliphatic heterocycles. The number of H-pyrrole nitrogens is 2. The van der Waals surface area contributed by atoms with E-state index in [4.69, 9.17) is 4.98 Å². The van der Waals surface area contributed by atoms with E-state index in [2.05, 4.69) is 30.9 Å². The molecule has 0 amide bonds. The van der Waals surface area contributed by atoms with Crippen LogP contribution >= 0.6 is 15.9 Å². The summed E-state index contributed by atoms with van der Waals surface area (Å²) in [6.07, 6.45) is 0. The Morgan fingerprint density at radius 1 is 0.742 bits per heavy atom. The van der Waals surface area contributed by atoms with E-state index in [1.807, 2.05) is 48.5 Å². The molecule has 0 radical (unpaired) electrons. The molecule has 2 N–H and O–H groups in total. The maximum atomic E-state index is 14.0. The minimum atomic E-state index is -0.914. The maximum Gasteiger partial charge on any atom is 0.159 e. The van der Waals surface area contributed by atoms with Gasteiger partial charge in [0.15, 0.2) is 17.5 Å². The fourth-order valence-corrected chi connectivity index (χ4v) is 4.28. The summed E-state index contributed by atoms with van der Waals surface area (Å²) in [6, 6.07) is 19.5. The number of pyridine rings is 1. The van der Waals surface area contributed by atoms with Gasteiger partial charge in [-0.05, 0) is 48.5 Å². The number of rotatable bonds is 2. The number of aromatic nitrogens is 4. The number of halogens is 3. The van der Waals surface area contributed by atoms with E-state index >= 15 is 0 Å². The van der Waals surface area contributed by atoms with Crippen molar-refractivity contribution in [1.82, 2.24) is 19.9 Å². The lowest BCUT2D eigenvalue weighted by atomic mass is 10.1. The quantitative estimate of drug-likeness (QED) is 0.284. The number of para-hydroxylation sites is 1. The highest BCUT2D eigenvalue weighted by Crippen LogP contribution is 2.35. The molecule has 0 spiro atoms. The molecule has 4 nitrogen and oxygen atoms in total. The average Bonchev–Trinajstić information content (AvgIpc) is 3.36. The van der Waals surface area contributed by atoms with Crippen LogP contribution in [0.25, 0.3) is 55.6 Å².